The van der Waals surface area contributed by atoms with E-state index in [-0.39, 0.29) is 6.04 Å². The molecule has 0 fully saturated rings. The summed E-state index contributed by atoms with van der Waals surface area (Å²) in [7, 11) is 0. The van der Waals surface area contributed by atoms with E-state index >= 15 is 0 Å². The van der Waals surface area contributed by atoms with Gasteiger partial charge in [0, 0.05) is 10.9 Å². The first kappa shape index (κ1) is 12.3. The molecule has 0 aliphatic rings. The molecule has 15 heavy (non-hydrogen) atoms. The number of nitrogens with one attached hydrogen (secondary N) is 1. The highest BCUT2D eigenvalue weighted by atomic mass is 79.9. The van der Waals surface area contributed by atoms with Crippen molar-refractivity contribution >= 4 is 15.9 Å². The van der Waals surface area contributed by atoms with Crippen molar-refractivity contribution in [3.05, 3.63) is 33.8 Å². The van der Waals surface area contributed by atoms with Crippen molar-refractivity contribution < 1.29 is 0 Å². The van der Waals surface area contributed by atoms with Gasteiger partial charge in [0.1, 0.15) is 0 Å². The van der Waals surface area contributed by atoms with E-state index in [1.54, 1.807) is 0 Å². The number of hydrogen-bond acceptors (Lipinski definition) is 2. The summed E-state index contributed by atoms with van der Waals surface area (Å²) in [4.78, 5) is 0. The SMILES string of the molecule is CC#CCC(NN)c1ccc(Br)c(C)c1. The van der Waals surface area contributed by atoms with Crippen LogP contribution in [0.3, 0.4) is 0 Å². The highest BCUT2D eigenvalue weighted by Crippen LogP contribution is 2.22. The lowest BCUT2D eigenvalue weighted by Crippen LogP contribution is -2.27. The maximum Gasteiger partial charge on any atom is 0.0569 e. The predicted octanol–water partition coefficient (Wildman–Crippen LogP) is 2.68. The average molecular weight is 267 g/mol. The van der Waals surface area contributed by atoms with Crippen molar-refractivity contribution in [2.45, 2.75) is 26.3 Å². The van der Waals surface area contributed by atoms with Crippen molar-refractivity contribution in [2.75, 3.05) is 0 Å². The molecule has 1 rings (SSSR count). The maximum atomic E-state index is 5.50. The van der Waals surface area contributed by atoms with E-state index in [2.05, 4.69) is 52.3 Å². The van der Waals surface area contributed by atoms with Crippen LogP contribution in [0.4, 0.5) is 0 Å². The van der Waals surface area contributed by atoms with E-state index in [9.17, 15) is 0 Å². The fourth-order valence-corrected chi connectivity index (χ4v) is 1.61. The lowest BCUT2D eigenvalue weighted by atomic mass is 10.0. The predicted molar refractivity (Wildman–Crippen MR) is 67.0 cm³/mol. The Morgan fingerprint density at radius 3 is 2.80 bits per heavy atom. The Balaban J connectivity index is 2.90. The lowest BCUT2D eigenvalue weighted by Gasteiger charge is -2.14. The van der Waals surface area contributed by atoms with Crippen LogP contribution in [0.15, 0.2) is 22.7 Å². The summed E-state index contributed by atoms with van der Waals surface area (Å²) >= 11 is 3.47. The molecule has 3 heteroatoms. The molecule has 1 aromatic carbocycles. The van der Waals surface area contributed by atoms with Gasteiger partial charge < -0.3 is 0 Å². The molecule has 0 saturated heterocycles. The van der Waals surface area contributed by atoms with Crippen LogP contribution >= 0.6 is 15.9 Å². The number of halogens is 1. The van der Waals surface area contributed by atoms with E-state index in [1.807, 2.05) is 13.0 Å². The Bertz CT molecular complexity index is 390. The number of rotatable bonds is 3. The third kappa shape index (κ3) is 3.35. The zero-order chi connectivity index (χ0) is 11.3. The number of hydrogen-bond donors (Lipinski definition) is 2. The fraction of sp³-hybridized carbons (Fsp3) is 0.333. The first-order valence-electron chi connectivity index (χ1n) is 4.80. The number of benzene rings is 1. The Morgan fingerprint density at radius 2 is 2.27 bits per heavy atom. The molecule has 0 amide bonds. The molecule has 0 saturated carbocycles. The lowest BCUT2D eigenvalue weighted by molar-refractivity contribution is 0.567. The molecule has 0 radical (unpaired) electrons. The van der Waals surface area contributed by atoms with E-state index < -0.39 is 0 Å². The molecule has 1 aromatic rings. The fourth-order valence-electron chi connectivity index (χ4n) is 1.36. The van der Waals surface area contributed by atoms with Crippen LogP contribution in [0, 0.1) is 18.8 Å². The van der Waals surface area contributed by atoms with Crippen LogP contribution in [0.2, 0.25) is 0 Å². The second-order valence-electron chi connectivity index (χ2n) is 3.36. The Kier molecular flexibility index (Phi) is 4.83. The zero-order valence-corrected chi connectivity index (χ0v) is 10.6. The molecule has 0 aromatic heterocycles. The highest BCUT2D eigenvalue weighted by molar-refractivity contribution is 9.10. The number of aryl methyl sites for hydroxylation is 1. The van der Waals surface area contributed by atoms with Crippen LogP contribution in [0.1, 0.15) is 30.5 Å². The summed E-state index contributed by atoms with van der Waals surface area (Å²) in [5, 5.41) is 0. The summed E-state index contributed by atoms with van der Waals surface area (Å²) in [6.45, 7) is 3.90. The Hall–Kier alpha value is -0.820. The second kappa shape index (κ2) is 5.92. The average Bonchev–Trinajstić information content (AvgIpc) is 2.24. The summed E-state index contributed by atoms with van der Waals surface area (Å²) < 4.78 is 1.11. The Labute approximate surface area is 99.3 Å². The van der Waals surface area contributed by atoms with Gasteiger partial charge in [0.15, 0.2) is 0 Å². The van der Waals surface area contributed by atoms with E-state index in [0.717, 1.165) is 10.9 Å². The minimum atomic E-state index is 0.101. The smallest absolute Gasteiger partial charge is 0.0569 e. The molecule has 80 valence electrons. The number of hydrazine groups is 1. The first-order valence-corrected chi connectivity index (χ1v) is 5.60. The molecular formula is C12H15BrN2. The van der Waals surface area contributed by atoms with Gasteiger partial charge in [0.05, 0.1) is 6.04 Å². The summed E-state index contributed by atoms with van der Waals surface area (Å²) in [5.41, 5.74) is 5.16. The molecule has 0 aliphatic carbocycles. The van der Waals surface area contributed by atoms with Gasteiger partial charge in [0.25, 0.3) is 0 Å². The monoisotopic (exact) mass is 266 g/mol. The van der Waals surface area contributed by atoms with E-state index in [4.69, 9.17) is 5.84 Å². The molecule has 0 heterocycles. The summed E-state index contributed by atoms with van der Waals surface area (Å²) in [5.74, 6) is 11.4. The molecule has 1 atom stereocenters. The Morgan fingerprint density at radius 1 is 1.53 bits per heavy atom. The van der Waals surface area contributed by atoms with Crippen molar-refractivity contribution in [1.82, 2.24) is 5.43 Å². The van der Waals surface area contributed by atoms with Gasteiger partial charge in [-0.05, 0) is 31.0 Å². The normalized spacial score (nSPS) is 11.7. The van der Waals surface area contributed by atoms with Gasteiger partial charge >= 0.3 is 0 Å². The second-order valence-corrected chi connectivity index (χ2v) is 4.21. The van der Waals surface area contributed by atoms with E-state index in [0.29, 0.717) is 0 Å². The van der Waals surface area contributed by atoms with Gasteiger partial charge in [-0.15, -0.1) is 11.8 Å². The van der Waals surface area contributed by atoms with Gasteiger partial charge in [-0.25, -0.2) is 0 Å². The quantitative estimate of drug-likeness (QED) is 0.502. The minimum absolute atomic E-state index is 0.101. The van der Waals surface area contributed by atoms with Crippen LogP contribution < -0.4 is 11.3 Å². The molecule has 0 aliphatic heterocycles. The van der Waals surface area contributed by atoms with Crippen molar-refractivity contribution in [3.8, 4) is 11.8 Å². The topological polar surface area (TPSA) is 38.0 Å². The summed E-state index contributed by atoms with van der Waals surface area (Å²) in [6, 6.07) is 6.31. The van der Waals surface area contributed by atoms with Crippen molar-refractivity contribution in [2.24, 2.45) is 5.84 Å². The van der Waals surface area contributed by atoms with Crippen LogP contribution in [-0.4, -0.2) is 0 Å². The van der Waals surface area contributed by atoms with Gasteiger partial charge in [-0.3, -0.25) is 11.3 Å². The zero-order valence-electron chi connectivity index (χ0n) is 8.97. The summed E-state index contributed by atoms with van der Waals surface area (Å²) in [6.07, 6.45) is 0.730. The van der Waals surface area contributed by atoms with Crippen LogP contribution in [0.25, 0.3) is 0 Å². The molecule has 3 N–H and O–H groups in total. The van der Waals surface area contributed by atoms with Crippen molar-refractivity contribution in [1.29, 1.82) is 0 Å². The molecular weight excluding hydrogens is 252 g/mol. The van der Waals surface area contributed by atoms with Crippen LogP contribution in [-0.2, 0) is 0 Å². The molecule has 1 unspecified atom stereocenters. The molecule has 2 nitrogen and oxygen atoms in total. The molecule has 0 bridgehead atoms. The van der Waals surface area contributed by atoms with Gasteiger partial charge in [-0.1, -0.05) is 28.1 Å². The minimum Gasteiger partial charge on any atom is -0.271 e. The van der Waals surface area contributed by atoms with Gasteiger partial charge in [0.2, 0.25) is 0 Å². The van der Waals surface area contributed by atoms with Crippen molar-refractivity contribution in [3.63, 3.8) is 0 Å². The standard InChI is InChI=1S/C12H15BrN2/c1-3-4-5-12(15-14)10-6-7-11(13)9(2)8-10/h6-8,12,15H,5,14H2,1-2H3. The van der Waals surface area contributed by atoms with E-state index in [1.165, 1.54) is 11.1 Å². The largest absolute Gasteiger partial charge is 0.271 e. The van der Waals surface area contributed by atoms with Gasteiger partial charge in [-0.2, -0.15) is 0 Å². The third-order valence-electron chi connectivity index (χ3n) is 2.27. The number of nitrogens with two attached hydrogens (primary N) is 1. The maximum absolute atomic E-state index is 5.50. The highest BCUT2D eigenvalue weighted by Gasteiger charge is 2.08. The molecule has 0 spiro atoms. The first-order chi connectivity index (χ1) is 7.19. The third-order valence-corrected chi connectivity index (χ3v) is 3.16. The van der Waals surface area contributed by atoms with Crippen LogP contribution in [0.5, 0.6) is 0 Å².